The Hall–Kier alpha value is -0.730. The minimum absolute atomic E-state index is 0.514. The molecule has 1 aromatic carbocycles. The van der Waals surface area contributed by atoms with Crippen molar-refractivity contribution in [3.05, 3.63) is 29.3 Å². The van der Waals surface area contributed by atoms with Gasteiger partial charge < -0.3 is 10.1 Å². The Bertz CT molecular complexity index is 273. The summed E-state index contributed by atoms with van der Waals surface area (Å²) in [6.45, 7) is 7.00. The van der Waals surface area contributed by atoms with Crippen molar-refractivity contribution in [2.45, 2.75) is 13.8 Å². The van der Waals surface area contributed by atoms with Crippen molar-refractivity contribution < 1.29 is 4.74 Å². The van der Waals surface area contributed by atoms with Gasteiger partial charge in [-0.15, -0.1) is 0 Å². The van der Waals surface area contributed by atoms with Gasteiger partial charge in [-0.2, -0.15) is 0 Å². The van der Waals surface area contributed by atoms with Gasteiger partial charge in [0.1, 0.15) is 5.75 Å². The van der Waals surface area contributed by atoms with E-state index in [1.54, 1.807) is 0 Å². The maximum absolute atomic E-state index is 5.78. The van der Waals surface area contributed by atoms with Crippen molar-refractivity contribution in [1.82, 2.24) is 5.32 Å². The molecule has 1 aromatic rings. The van der Waals surface area contributed by atoms with E-state index in [2.05, 4.69) is 19.2 Å². The van der Waals surface area contributed by atoms with Gasteiger partial charge in [0, 0.05) is 17.5 Å². The molecule has 0 fully saturated rings. The minimum atomic E-state index is 0.514. The highest BCUT2D eigenvalue weighted by Gasteiger charge is 2.02. The molecule has 1 N–H and O–H groups in total. The maximum Gasteiger partial charge on any atom is 0.119 e. The topological polar surface area (TPSA) is 21.3 Å². The molecule has 0 heterocycles. The number of halogens is 1. The number of nitrogens with one attached hydrogen (secondary N) is 1. The molecule has 0 saturated carbocycles. The summed E-state index contributed by atoms with van der Waals surface area (Å²) in [5, 5.41) is 4.03. The second kappa shape index (κ2) is 6.70. The molecule has 3 heteroatoms. The first-order valence-electron chi connectivity index (χ1n) is 5.31. The van der Waals surface area contributed by atoms with Crippen LogP contribution in [0.3, 0.4) is 0 Å². The first-order chi connectivity index (χ1) is 7.22. The number of benzene rings is 1. The van der Waals surface area contributed by atoms with Gasteiger partial charge in [0.05, 0.1) is 6.61 Å². The molecule has 0 bridgehead atoms. The van der Waals surface area contributed by atoms with E-state index in [-0.39, 0.29) is 0 Å². The normalized spacial score (nSPS) is 12.5. The lowest BCUT2D eigenvalue weighted by atomic mass is 10.2. The lowest BCUT2D eigenvalue weighted by molar-refractivity contribution is 0.256. The van der Waals surface area contributed by atoms with Crippen LogP contribution in [0.2, 0.25) is 5.02 Å². The standard InChI is InChI=1S/C12H18ClNO/c1-3-14-8-10(2)9-15-12-6-4-11(13)5-7-12/h4-7,10,14H,3,8-9H2,1-2H3. The third kappa shape index (κ3) is 5.05. The van der Waals surface area contributed by atoms with Gasteiger partial charge in [-0.25, -0.2) is 0 Å². The van der Waals surface area contributed by atoms with Crippen molar-refractivity contribution in [2.75, 3.05) is 19.7 Å². The summed E-state index contributed by atoms with van der Waals surface area (Å²) < 4.78 is 5.62. The smallest absolute Gasteiger partial charge is 0.119 e. The van der Waals surface area contributed by atoms with Gasteiger partial charge in [-0.1, -0.05) is 25.4 Å². The monoisotopic (exact) mass is 227 g/mol. The number of hydrogen-bond donors (Lipinski definition) is 1. The Morgan fingerprint density at radius 2 is 2.00 bits per heavy atom. The molecule has 0 spiro atoms. The Morgan fingerprint density at radius 3 is 2.60 bits per heavy atom. The van der Waals surface area contributed by atoms with E-state index in [1.807, 2.05) is 24.3 Å². The molecule has 1 atom stereocenters. The van der Waals surface area contributed by atoms with Crippen LogP contribution >= 0.6 is 11.6 Å². The van der Waals surface area contributed by atoms with Crippen LogP contribution in [-0.2, 0) is 0 Å². The largest absolute Gasteiger partial charge is 0.493 e. The van der Waals surface area contributed by atoms with E-state index in [4.69, 9.17) is 16.3 Å². The predicted octanol–water partition coefficient (Wildman–Crippen LogP) is 2.96. The summed E-state index contributed by atoms with van der Waals surface area (Å²) in [5.41, 5.74) is 0. The predicted molar refractivity (Wildman–Crippen MR) is 64.7 cm³/mol. The van der Waals surface area contributed by atoms with Gasteiger partial charge in [0.15, 0.2) is 0 Å². The van der Waals surface area contributed by atoms with Crippen LogP contribution in [0.1, 0.15) is 13.8 Å². The fraction of sp³-hybridized carbons (Fsp3) is 0.500. The zero-order valence-corrected chi connectivity index (χ0v) is 10.1. The van der Waals surface area contributed by atoms with Gasteiger partial charge in [0.25, 0.3) is 0 Å². The highest BCUT2D eigenvalue weighted by Crippen LogP contribution is 2.15. The summed E-state index contributed by atoms with van der Waals surface area (Å²) in [6.07, 6.45) is 0. The Kier molecular flexibility index (Phi) is 5.51. The number of hydrogen-bond acceptors (Lipinski definition) is 2. The molecule has 0 saturated heterocycles. The van der Waals surface area contributed by atoms with Crippen molar-refractivity contribution >= 4 is 11.6 Å². The Balaban J connectivity index is 2.27. The third-order valence-electron chi connectivity index (χ3n) is 2.09. The van der Waals surface area contributed by atoms with Crippen LogP contribution in [0.25, 0.3) is 0 Å². The molecule has 2 nitrogen and oxygen atoms in total. The van der Waals surface area contributed by atoms with Crippen molar-refractivity contribution in [1.29, 1.82) is 0 Å². The van der Waals surface area contributed by atoms with Gasteiger partial charge in [0.2, 0.25) is 0 Å². The first-order valence-corrected chi connectivity index (χ1v) is 5.69. The van der Waals surface area contributed by atoms with E-state index in [0.29, 0.717) is 5.92 Å². The van der Waals surface area contributed by atoms with Crippen LogP contribution in [0.15, 0.2) is 24.3 Å². The van der Waals surface area contributed by atoms with Crippen LogP contribution in [0.4, 0.5) is 0 Å². The van der Waals surface area contributed by atoms with Crippen LogP contribution in [0.5, 0.6) is 5.75 Å². The van der Waals surface area contributed by atoms with Crippen LogP contribution in [-0.4, -0.2) is 19.7 Å². The number of ether oxygens (including phenoxy) is 1. The Labute approximate surface area is 96.6 Å². The zero-order chi connectivity index (χ0) is 11.1. The van der Waals surface area contributed by atoms with Crippen LogP contribution in [0, 0.1) is 5.92 Å². The molecular formula is C12H18ClNO. The van der Waals surface area contributed by atoms with Gasteiger partial charge >= 0.3 is 0 Å². The number of rotatable bonds is 6. The van der Waals surface area contributed by atoms with Crippen LogP contribution < -0.4 is 10.1 Å². The fourth-order valence-corrected chi connectivity index (χ4v) is 1.34. The molecule has 1 unspecified atom stereocenters. The van der Waals surface area contributed by atoms with E-state index < -0.39 is 0 Å². The molecule has 0 radical (unpaired) electrons. The molecule has 1 rings (SSSR count). The quantitative estimate of drug-likeness (QED) is 0.807. The molecule has 84 valence electrons. The molecule has 0 aliphatic rings. The highest BCUT2D eigenvalue weighted by molar-refractivity contribution is 6.30. The summed E-state index contributed by atoms with van der Waals surface area (Å²) in [6, 6.07) is 7.46. The summed E-state index contributed by atoms with van der Waals surface area (Å²) in [4.78, 5) is 0. The lowest BCUT2D eigenvalue weighted by Crippen LogP contribution is -2.24. The van der Waals surface area contributed by atoms with E-state index >= 15 is 0 Å². The summed E-state index contributed by atoms with van der Waals surface area (Å²) in [7, 11) is 0. The molecule has 0 aliphatic heterocycles. The molecule has 0 amide bonds. The maximum atomic E-state index is 5.78. The van der Waals surface area contributed by atoms with Gasteiger partial charge in [-0.05, 0) is 30.8 Å². The zero-order valence-electron chi connectivity index (χ0n) is 9.29. The second-order valence-electron chi connectivity index (χ2n) is 3.68. The summed E-state index contributed by atoms with van der Waals surface area (Å²) in [5.74, 6) is 1.39. The lowest BCUT2D eigenvalue weighted by Gasteiger charge is -2.13. The average molecular weight is 228 g/mol. The second-order valence-corrected chi connectivity index (χ2v) is 4.11. The van der Waals surface area contributed by atoms with Crippen molar-refractivity contribution in [3.63, 3.8) is 0 Å². The van der Waals surface area contributed by atoms with Crippen molar-refractivity contribution in [3.8, 4) is 5.75 Å². The highest BCUT2D eigenvalue weighted by atomic mass is 35.5. The third-order valence-corrected chi connectivity index (χ3v) is 2.34. The average Bonchev–Trinajstić information content (AvgIpc) is 2.25. The summed E-state index contributed by atoms with van der Waals surface area (Å²) >= 11 is 5.78. The molecular weight excluding hydrogens is 210 g/mol. The minimum Gasteiger partial charge on any atom is -0.493 e. The van der Waals surface area contributed by atoms with Crippen molar-refractivity contribution in [2.24, 2.45) is 5.92 Å². The van der Waals surface area contributed by atoms with E-state index in [1.165, 1.54) is 0 Å². The Morgan fingerprint density at radius 1 is 1.33 bits per heavy atom. The molecule has 15 heavy (non-hydrogen) atoms. The SMILES string of the molecule is CCNCC(C)COc1ccc(Cl)cc1. The van der Waals surface area contributed by atoms with E-state index in [0.717, 1.165) is 30.5 Å². The molecule has 0 aliphatic carbocycles. The fourth-order valence-electron chi connectivity index (χ4n) is 1.22. The van der Waals surface area contributed by atoms with E-state index in [9.17, 15) is 0 Å². The molecule has 0 aromatic heterocycles. The van der Waals surface area contributed by atoms with Gasteiger partial charge in [-0.3, -0.25) is 0 Å². The first kappa shape index (κ1) is 12.3.